The molecule has 0 bridgehead atoms. The van der Waals surface area contributed by atoms with E-state index in [1.807, 2.05) is 27.7 Å². The number of aliphatic hydroxyl groups is 3. The summed E-state index contributed by atoms with van der Waals surface area (Å²) in [6.07, 6.45) is 1.17. The number of Topliss-reactive ketones (excluding diaryl/α,β-unsaturated/α-hetero) is 3. The van der Waals surface area contributed by atoms with Crippen LogP contribution < -0.4 is 0 Å². The fraction of sp³-hybridized carbons (Fsp3) is 0.812. The van der Waals surface area contributed by atoms with Crippen molar-refractivity contribution in [3.05, 3.63) is 11.6 Å². The number of hydrogen-bond acceptors (Lipinski definition) is 8. The normalized spacial score (nSPS) is 42.2. The first-order valence-corrected chi connectivity index (χ1v) is 14.7. The van der Waals surface area contributed by atoms with Crippen LogP contribution in [0.5, 0.6) is 0 Å². The summed E-state index contributed by atoms with van der Waals surface area (Å²) in [7, 11) is 0. The Bertz CT molecular complexity index is 1160. The molecule has 0 aromatic rings. The molecule has 0 aromatic heterocycles. The molecule has 0 aliphatic heterocycles. The van der Waals surface area contributed by atoms with Gasteiger partial charge in [0.25, 0.3) is 0 Å². The number of rotatable bonds is 6. The van der Waals surface area contributed by atoms with Crippen LogP contribution in [0.4, 0.5) is 0 Å². The summed E-state index contributed by atoms with van der Waals surface area (Å²) in [5.74, 6) is -2.62. The highest BCUT2D eigenvalue weighted by molar-refractivity contribution is 5.93. The molecule has 40 heavy (non-hydrogen) atoms. The van der Waals surface area contributed by atoms with Gasteiger partial charge in [-0.3, -0.25) is 19.2 Å². The monoisotopic (exact) mass is 560 g/mol. The highest BCUT2D eigenvalue weighted by Gasteiger charge is 2.74. The largest absolute Gasteiger partial charge is 0.460 e. The highest BCUT2D eigenvalue weighted by Crippen LogP contribution is 2.74. The molecule has 8 heteroatoms. The zero-order valence-corrected chi connectivity index (χ0v) is 25.6. The predicted molar refractivity (Wildman–Crippen MR) is 148 cm³/mol. The summed E-state index contributed by atoms with van der Waals surface area (Å²) in [4.78, 5) is 52.2. The molecule has 224 valence electrons. The second-order valence-corrected chi connectivity index (χ2v) is 15.2. The van der Waals surface area contributed by atoms with E-state index in [9.17, 15) is 34.5 Å². The Morgan fingerprint density at radius 1 is 1.05 bits per heavy atom. The van der Waals surface area contributed by atoms with Gasteiger partial charge < -0.3 is 20.1 Å². The van der Waals surface area contributed by atoms with Gasteiger partial charge in [-0.25, -0.2) is 0 Å². The van der Waals surface area contributed by atoms with Crippen molar-refractivity contribution in [2.24, 2.45) is 39.4 Å². The van der Waals surface area contributed by atoms with Gasteiger partial charge in [-0.15, -0.1) is 0 Å². The first-order valence-electron chi connectivity index (χ1n) is 14.7. The number of esters is 1. The lowest BCUT2D eigenvalue weighted by Gasteiger charge is -2.64. The molecule has 3 fully saturated rings. The fourth-order valence-corrected chi connectivity index (χ4v) is 9.63. The lowest BCUT2D eigenvalue weighted by molar-refractivity contribution is -0.184. The van der Waals surface area contributed by atoms with Crippen molar-refractivity contribution >= 4 is 23.3 Å². The average Bonchev–Trinajstić information content (AvgIpc) is 3.01. The Balaban J connectivity index is 1.70. The summed E-state index contributed by atoms with van der Waals surface area (Å²) in [5, 5.41) is 34.0. The molecule has 4 aliphatic rings. The van der Waals surface area contributed by atoms with Gasteiger partial charge in [0.15, 0.2) is 11.6 Å². The van der Waals surface area contributed by atoms with E-state index < -0.39 is 62.7 Å². The maximum atomic E-state index is 14.3. The smallest absolute Gasteiger partial charge is 0.303 e. The lowest BCUT2D eigenvalue weighted by atomic mass is 9.38. The van der Waals surface area contributed by atoms with E-state index in [1.165, 1.54) is 13.8 Å². The Morgan fingerprint density at radius 3 is 2.23 bits per heavy atom. The first kappa shape index (κ1) is 31.0. The summed E-state index contributed by atoms with van der Waals surface area (Å²) >= 11 is 0. The third-order valence-corrected chi connectivity index (χ3v) is 12.0. The first-order chi connectivity index (χ1) is 18.1. The van der Waals surface area contributed by atoms with E-state index >= 15 is 0 Å². The van der Waals surface area contributed by atoms with Gasteiger partial charge in [0, 0.05) is 42.9 Å². The Morgan fingerprint density at radius 2 is 1.65 bits per heavy atom. The minimum Gasteiger partial charge on any atom is -0.460 e. The molecule has 5 unspecified atom stereocenters. The molecule has 0 amide bonds. The molecule has 3 saturated carbocycles. The van der Waals surface area contributed by atoms with Crippen LogP contribution in [0.25, 0.3) is 0 Å². The van der Waals surface area contributed by atoms with Gasteiger partial charge in [-0.1, -0.05) is 46.3 Å². The fourth-order valence-electron chi connectivity index (χ4n) is 9.63. The molecule has 0 aromatic carbocycles. The van der Waals surface area contributed by atoms with E-state index in [1.54, 1.807) is 13.8 Å². The lowest BCUT2D eigenvalue weighted by Crippen LogP contribution is -2.65. The third kappa shape index (κ3) is 4.18. The summed E-state index contributed by atoms with van der Waals surface area (Å²) in [6.45, 7) is 15.8. The number of ketones is 3. The second kappa shape index (κ2) is 9.30. The Labute approximate surface area is 237 Å². The molecular formula is C32H48O8. The number of allylic oxidation sites excluding steroid dienone is 1. The molecule has 0 radical (unpaired) electrons. The van der Waals surface area contributed by atoms with Crippen LogP contribution in [0.15, 0.2) is 11.6 Å². The maximum absolute atomic E-state index is 14.3. The summed E-state index contributed by atoms with van der Waals surface area (Å²) in [6, 6.07) is 0. The van der Waals surface area contributed by atoms with Crippen LogP contribution in [0.1, 0.15) is 101 Å². The predicted octanol–water partition coefficient (Wildman–Crippen LogP) is 3.72. The van der Waals surface area contributed by atoms with Gasteiger partial charge in [-0.05, 0) is 62.7 Å². The Kier molecular flexibility index (Phi) is 7.22. The van der Waals surface area contributed by atoms with Gasteiger partial charge in [-0.2, -0.15) is 0 Å². The summed E-state index contributed by atoms with van der Waals surface area (Å²) < 4.78 is 5.31. The van der Waals surface area contributed by atoms with Crippen LogP contribution in [-0.2, 0) is 23.9 Å². The van der Waals surface area contributed by atoms with Crippen molar-refractivity contribution in [1.82, 2.24) is 0 Å². The van der Waals surface area contributed by atoms with Gasteiger partial charge in [0.1, 0.15) is 23.1 Å². The van der Waals surface area contributed by atoms with Crippen molar-refractivity contribution < 1.29 is 39.2 Å². The zero-order chi connectivity index (χ0) is 30.4. The highest BCUT2D eigenvalue weighted by atomic mass is 16.6. The molecule has 0 saturated heterocycles. The van der Waals surface area contributed by atoms with Crippen molar-refractivity contribution in [1.29, 1.82) is 0 Å². The van der Waals surface area contributed by atoms with E-state index in [-0.39, 0.29) is 49.1 Å². The molecule has 9 atom stereocenters. The van der Waals surface area contributed by atoms with Crippen molar-refractivity contribution in [2.75, 3.05) is 0 Å². The average molecular weight is 561 g/mol. The minimum absolute atomic E-state index is 0.0218. The van der Waals surface area contributed by atoms with Crippen LogP contribution in [-0.4, -0.2) is 62.0 Å². The molecule has 3 N–H and O–H groups in total. The van der Waals surface area contributed by atoms with E-state index in [0.29, 0.717) is 12.8 Å². The molecule has 8 nitrogen and oxygen atoms in total. The molecule has 0 spiro atoms. The maximum Gasteiger partial charge on any atom is 0.303 e. The number of ether oxygens (including phenoxy) is 1. The summed E-state index contributed by atoms with van der Waals surface area (Å²) in [5.41, 5.74) is -4.98. The van der Waals surface area contributed by atoms with Crippen LogP contribution in [0.3, 0.4) is 0 Å². The molecule has 4 rings (SSSR count). The van der Waals surface area contributed by atoms with Crippen molar-refractivity contribution in [3.63, 3.8) is 0 Å². The molecular weight excluding hydrogens is 512 g/mol. The van der Waals surface area contributed by atoms with Crippen LogP contribution >= 0.6 is 0 Å². The van der Waals surface area contributed by atoms with Crippen LogP contribution in [0, 0.1) is 39.4 Å². The topological polar surface area (TPSA) is 138 Å². The molecule has 4 aliphatic carbocycles. The van der Waals surface area contributed by atoms with Crippen LogP contribution in [0.2, 0.25) is 0 Å². The van der Waals surface area contributed by atoms with E-state index in [2.05, 4.69) is 13.0 Å². The number of carbonyl (C=O) groups excluding carboxylic acids is 4. The van der Waals surface area contributed by atoms with E-state index in [0.717, 1.165) is 5.57 Å². The number of hydrogen-bond donors (Lipinski definition) is 3. The quantitative estimate of drug-likeness (QED) is 0.330. The number of carbonyl (C=O) groups is 4. The van der Waals surface area contributed by atoms with Gasteiger partial charge in [0.05, 0.1) is 6.10 Å². The minimum atomic E-state index is -1.91. The SMILES string of the molecule is CC(=O)OC(C)(C)CCC(=O)[C@](C)(O)C1C(O)CC2(C)[C@@H]3CC=C4C(CC(=O)C(O)C4(C)C)[C@]3(C)C(=O)C[C@]12C. The Hall–Kier alpha value is -1.90. The number of fused-ring (bicyclic) bond motifs is 5. The van der Waals surface area contributed by atoms with Crippen molar-refractivity contribution in [2.45, 2.75) is 124 Å². The second-order valence-electron chi connectivity index (χ2n) is 15.2. The van der Waals surface area contributed by atoms with Gasteiger partial charge >= 0.3 is 5.97 Å². The molecule has 0 heterocycles. The van der Waals surface area contributed by atoms with E-state index in [4.69, 9.17) is 4.74 Å². The standard InChI is InChI=1S/C32H48O8/c1-17(33)40-27(2,3)13-12-23(36)32(9,39)25-21(35)15-29(6)22-11-10-18-19(14-20(34)26(38)28(18,4)5)31(22,8)24(37)16-30(25,29)7/h10,19,21-22,25-26,35,38-39H,11-16H2,1-9H3/t19?,21?,22-,25?,26?,29?,30+,31-,32-/m0/s1. The van der Waals surface area contributed by atoms with Gasteiger partial charge in [0.2, 0.25) is 0 Å². The zero-order valence-electron chi connectivity index (χ0n) is 25.6. The van der Waals surface area contributed by atoms with Crippen molar-refractivity contribution in [3.8, 4) is 0 Å². The third-order valence-electron chi connectivity index (χ3n) is 12.0. The number of aliphatic hydroxyl groups excluding tert-OH is 2.